The normalized spacial score (nSPS) is 20.0. The third kappa shape index (κ3) is 4.89. The number of carbonyl (C=O) groups is 1. The maximum absolute atomic E-state index is 12.5. The van der Waals surface area contributed by atoms with E-state index in [2.05, 4.69) is 4.74 Å². The molecule has 0 atom stereocenters. The molecule has 1 aromatic rings. The fourth-order valence-electron chi connectivity index (χ4n) is 4.53. The summed E-state index contributed by atoms with van der Waals surface area (Å²) >= 11 is 0. The van der Waals surface area contributed by atoms with E-state index in [1.807, 2.05) is 11.0 Å². The monoisotopic (exact) mass is 396 g/mol. The van der Waals surface area contributed by atoms with E-state index < -0.39 is 12.3 Å². The van der Waals surface area contributed by atoms with E-state index >= 15 is 0 Å². The van der Waals surface area contributed by atoms with Crippen molar-refractivity contribution in [1.29, 1.82) is 5.26 Å². The fraction of sp³-hybridized carbons (Fsp3) is 0.600. The van der Waals surface area contributed by atoms with Gasteiger partial charge in [-0.1, -0.05) is 0 Å². The summed E-state index contributed by atoms with van der Waals surface area (Å²) in [4.78, 5) is 12.9. The van der Waals surface area contributed by atoms with Crippen LogP contribution in [0.4, 0.5) is 18.9 Å². The Kier molecular flexibility index (Phi) is 5.73. The van der Waals surface area contributed by atoms with Crippen LogP contribution in [0.15, 0.2) is 18.2 Å². The molecule has 0 unspecified atom stereocenters. The van der Waals surface area contributed by atoms with Crippen molar-refractivity contribution in [3.05, 3.63) is 23.8 Å². The van der Waals surface area contributed by atoms with Crippen LogP contribution in [0.25, 0.3) is 0 Å². The van der Waals surface area contributed by atoms with Gasteiger partial charge in [0, 0.05) is 25.6 Å². The predicted molar refractivity (Wildman–Crippen MR) is 95.9 cm³/mol. The zero-order chi connectivity index (χ0) is 20.4. The fourth-order valence-corrected chi connectivity index (χ4v) is 4.53. The number of anilines is 1. The van der Waals surface area contributed by atoms with Gasteiger partial charge in [0.05, 0.1) is 11.3 Å². The molecule has 1 aliphatic heterocycles. The molecule has 0 radical (unpaired) electrons. The van der Waals surface area contributed by atoms with E-state index in [0.29, 0.717) is 24.3 Å². The first-order chi connectivity index (χ1) is 13.2. The molecule has 3 rings (SSSR count). The Hall–Kier alpha value is -2.43. The van der Waals surface area contributed by atoms with Gasteiger partial charge in [0.2, 0.25) is 0 Å². The number of aliphatic carboxylic acids is 1. The summed E-state index contributed by atoms with van der Waals surface area (Å²) in [6.45, 7) is 1.32. The van der Waals surface area contributed by atoms with Gasteiger partial charge in [-0.3, -0.25) is 4.79 Å². The number of hydrogen-bond acceptors (Lipinski definition) is 4. The largest absolute Gasteiger partial charge is 0.573 e. The smallest absolute Gasteiger partial charge is 0.481 e. The number of carboxylic acid groups (broad SMARTS) is 1. The van der Waals surface area contributed by atoms with Crippen LogP contribution in [0.5, 0.6) is 5.75 Å². The van der Waals surface area contributed by atoms with Gasteiger partial charge in [-0.25, -0.2) is 0 Å². The number of alkyl halides is 3. The van der Waals surface area contributed by atoms with Crippen molar-refractivity contribution in [2.45, 2.75) is 51.3 Å². The molecule has 1 saturated heterocycles. The average molecular weight is 396 g/mol. The van der Waals surface area contributed by atoms with Crippen molar-refractivity contribution in [1.82, 2.24) is 0 Å². The SMILES string of the molecule is N#Cc1ccc(OC(F)(F)F)cc1N1CCC2(CCC(CC(=O)O)CC2)CC1. The second-order valence-electron chi connectivity index (χ2n) is 7.87. The van der Waals surface area contributed by atoms with Crippen LogP contribution in [-0.2, 0) is 4.79 Å². The first-order valence-electron chi connectivity index (χ1n) is 9.46. The first kappa shape index (κ1) is 20.3. The Balaban J connectivity index is 1.66. The number of rotatable bonds is 4. The van der Waals surface area contributed by atoms with Crippen molar-refractivity contribution in [3.8, 4) is 11.8 Å². The lowest BCUT2D eigenvalue weighted by Gasteiger charge is -2.46. The van der Waals surface area contributed by atoms with Gasteiger partial charge < -0.3 is 14.7 Å². The third-order valence-corrected chi connectivity index (χ3v) is 6.12. The Labute approximate surface area is 161 Å². The number of piperidine rings is 1. The van der Waals surface area contributed by atoms with Crippen molar-refractivity contribution in [2.24, 2.45) is 11.3 Å². The molecular formula is C20H23F3N2O3. The van der Waals surface area contributed by atoms with Crippen LogP contribution in [0.3, 0.4) is 0 Å². The number of nitriles is 1. The van der Waals surface area contributed by atoms with Crippen LogP contribution in [-0.4, -0.2) is 30.5 Å². The van der Waals surface area contributed by atoms with Gasteiger partial charge in [-0.2, -0.15) is 5.26 Å². The molecule has 2 aliphatic rings. The highest BCUT2D eigenvalue weighted by atomic mass is 19.4. The van der Waals surface area contributed by atoms with Gasteiger partial charge >= 0.3 is 12.3 Å². The number of carboxylic acids is 1. The molecule has 5 nitrogen and oxygen atoms in total. The van der Waals surface area contributed by atoms with E-state index in [0.717, 1.165) is 44.6 Å². The van der Waals surface area contributed by atoms with Crippen molar-refractivity contribution < 1.29 is 27.8 Å². The first-order valence-corrected chi connectivity index (χ1v) is 9.46. The van der Waals surface area contributed by atoms with Crippen LogP contribution >= 0.6 is 0 Å². The van der Waals surface area contributed by atoms with Crippen LogP contribution in [0.2, 0.25) is 0 Å². The number of hydrogen-bond donors (Lipinski definition) is 1. The predicted octanol–water partition coefficient (Wildman–Crippen LogP) is 4.71. The molecule has 0 bridgehead atoms. The molecule has 8 heteroatoms. The quantitative estimate of drug-likeness (QED) is 0.798. The summed E-state index contributed by atoms with van der Waals surface area (Å²) < 4.78 is 41.5. The minimum Gasteiger partial charge on any atom is -0.481 e. The zero-order valence-electron chi connectivity index (χ0n) is 15.5. The number of benzene rings is 1. The topological polar surface area (TPSA) is 73.6 Å². The van der Waals surface area contributed by atoms with Gasteiger partial charge in [0.15, 0.2) is 0 Å². The van der Waals surface area contributed by atoms with E-state index in [4.69, 9.17) is 5.11 Å². The molecule has 2 fully saturated rings. The maximum Gasteiger partial charge on any atom is 0.573 e. The Morgan fingerprint density at radius 2 is 1.89 bits per heavy atom. The van der Waals surface area contributed by atoms with Crippen LogP contribution < -0.4 is 9.64 Å². The maximum atomic E-state index is 12.5. The van der Waals surface area contributed by atoms with Crippen LogP contribution in [0, 0.1) is 22.7 Å². The van der Waals surface area contributed by atoms with E-state index in [1.54, 1.807) is 0 Å². The highest BCUT2D eigenvalue weighted by Crippen LogP contribution is 2.47. The number of halogens is 3. The molecule has 28 heavy (non-hydrogen) atoms. The highest BCUT2D eigenvalue weighted by Gasteiger charge is 2.39. The summed E-state index contributed by atoms with van der Waals surface area (Å²) in [5.74, 6) is -0.834. The van der Waals surface area contributed by atoms with Gasteiger partial charge in [-0.05, 0) is 62.0 Å². The summed E-state index contributed by atoms with van der Waals surface area (Å²) in [6, 6.07) is 5.85. The minimum absolute atomic E-state index is 0.179. The standard InChI is InChI=1S/C20H23F3N2O3/c21-20(22,23)28-16-2-1-15(13-24)17(12-16)25-9-7-19(8-10-25)5-3-14(4-6-19)11-18(26)27/h1-2,12,14H,3-11H2,(H,26,27). The summed E-state index contributed by atoms with van der Waals surface area (Å²) in [6.07, 6.45) is 1.02. The lowest BCUT2D eigenvalue weighted by Crippen LogP contribution is -2.42. The molecule has 0 amide bonds. The second-order valence-corrected chi connectivity index (χ2v) is 7.87. The van der Waals surface area contributed by atoms with Crippen molar-refractivity contribution in [3.63, 3.8) is 0 Å². The summed E-state index contributed by atoms with van der Waals surface area (Å²) in [7, 11) is 0. The van der Waals surface area contributed by atoms with Crippen molar-refractivity contribution >= 4 is 11.7 Å². The zero-order valence-corrected chi connectivity index (χ0v) is 15.5. The molecule has 1 aromatic carbocycles. The number of ether oxygens (including phenoxy) is 1. The lowest BCUT2D eigenvalue weighted by atomic mass is 9.65. The average Bonchev–Trinajstić information content (AvgIpc) is 2.63. The van der Waals surface area contributed by atoms with Crippen molar-refractivity contribution in [2.75, 3.05) is 18.0 Å². The van der Waals surface area contributed by atoms with E-state index in [9.17, 15) is 23.2 Å². The highest BCUT2D eigenvalue weighted by molar-refractivity contribution is 5.67. The molecule has 1 heterocycles. The van der Waals surface area contributed by atoms with Gasteiger partial charge in [0.1, 0.15) is 11.8 Å². The summed E-state index contributed by atoms with van der Waals surface area (Å²) in [5, 5.41) is 18.3. The molecule has 0 aromatic heterocycles. The Morgan fingerprint density at radius 1 is 1.25 bits per heavy atom. The van der Waals surface area contributed by atoms with E-state index in [1.165, 1.54) is 12.1 Å². The molecule has 1 aliphatic carbocycles. The van der Waals surface area contributed by atoms with Crippen LogP contribution in [0.1, 0.15) is 50.5 Å². The Morgan fingerprint density at radius 3 is 2.43 bits per heavy atom. The molecular weight excluding hydrogens is 373 g/mol. The molecule has 1 spiro atoms. The second kappa shape index (κ2) is 7.90. The molecule has 152 valence electrons. The Bertz CT molecular complexity index is 755. The lowest BCUT2D eigenvalue weighted by molar-refractivity contribution is -0.274. The molecule has 1 saturated carbocycles. The van der Waals surface area contributed by atoms with E-state index in [-0.39, 0.29) is 23.5 Å². The minimum atomic E-state index is -4.77. The number of nitrogens with zero attached hydrogens (tertiary/aromatic N) is 2. The van der Waals surface area contributed by atoms with Gasteiger partial charge in [0.25, 0.3) is 0 Å². The summed E-state index contributed by atoms with van der Waals surface area (Å²) in [5.41, 5.74) is 0.979. The molecule has 1 N–H and O–H groups in total. The van der Waals surface area contributed by atoms with Gasteiger partial charge in [-0.15, -0.1) is 13.2 Å². The third-order valence-electron chi connectivity index (χ3n) is 6.12.